The van der Waals surface area contributed by atoms with Crippen LogP contribution in [0.1, 0.15) is 27.4 Å². The predicted octanol–water partition coefficient (Wildman–Crippen LogP) is 1.84. The maximum Gasteiger partial charge on any atom is 0.264 e. The smallest absolute Gasteiger partial charge is 0.264 e. The highest BCUT2D eigenvalue weighted by Gasteiger charge is 2.15. The van der Waals surface area contributed by atoms with Crippen LogP contribution < -0.4 is 10.9 Å². The highest BCUT2D eigenvalue weighted by molar-refractivity contribution is 5.94. The summed E-state index contributed by atoms with van der Waals surface area (Å²) in [5.74, 6) is 0.110. The fourth-order valence-corrected chi connectivity index (χ4v) is 2.73. The average molecular weight is 310 g/mol. The van der Waals surface area contributed by atoms with Crippen LogP contribution in [-0.2, 0) is 6.42 Å². The molecular formula is C17H18N4O2. The van der Waals surface area contributed by atoms with Crippen molar-refractivity contribution in [1.29, 1.82) is 0 Å². The summed E-state index contributed by atoms with van der Waals surface area (Å²) in [6.45, 7) is 3.80. The molecule has 0 fully saturated rings. The lowest BCUT2D eigenvalue weighted by Crippen LogP contribution is -2.33. The van der Waals surface area contributed by atoms with Crippen molar-refractivity contribution in [1.82, 2.24) is 20.3 Å². The van der Waals surface area contributed by atoms with E-state index in [-0.39, 0.29) is 5.56 Å². The summed E-state index contributed by atoms with van der Waals surface area (Å²) in [5.41, 5.74) is 2.32. The number of rotatable bonds is 4. The summed E-state index contributed by atoms with van der Waals surface area (Å²) in [5, 5.41) is 3.94. The molecule has 0 aliphatic rings. The van der Waals surface area contributed by atoms with Gasteiger partial charge in [0.25, 0.3) is 11.5 Å². The van der Waals surface area contributed by atoms with Crippen LogP contribution in [0.4, 0.5) is 0 Å². The molecule has 0 aliphatic carbocycles. The van der Waals surface area contributed by atoms with E-state index in [1.165, 1.54) is 0 Å². The molecule has 0 radical (unpaired) electrons. The zero-order chi connectivity index (χ0) is 16.4. The van der Waals surface area contributed by atoms with Gasteiger partial charge in [-0.1, -0.05) is 18.2 Å². The van der Waals surface area contributed by atoms with Crippen molar-refractivity contribution in [3.63, 3.8) is 0 Å². The van der Waals surface area contributed by atoms with E-state index >= 15 is 0 Å². The Kier molecular flexibility index (Phi) is 3.97. The van der Waals surface area contributed by atoms with Crippen LogP contribution in [0.2, 0.25) is 0 Å². The molecule has 2 heterocycles. The van der Waals surface area contributed by atoms with Crippen molar-refractivity contribution in [3.05, 3.63) is 63.5 Å². The molecule has 0 atom stereocenters. The summed E-state index contributed by atoms with van der Waals surface area (Å²) in [7, 11) is 0. The second-order valence-electron chi connectivity index (χ2n) is 5.48. The molecule has 3 rings (SSSR count). The van der Waals surface area contributed by atoms with Crippen molar-refractivity contribution >= 4 is 16.8 Å². The summed E-state index contributed by atoms with van der Waals surface area (Å²) in [6.07, 6.45) is 2.63. The van der Waals surface area contributed by atoms with Crippen LogP contribution in [0.15, 0.2) is 35.3 Å². The molecule has 118 valence electrons. The number of aryl methyl sites for hydroxylation is 2. The summed E-state index contributed by atoms with van der Waals surface area (Å²) < 4.78 is 0. The molecule has 0 saturated carbocycles. The molecule has 0 aliphatic heterocycles. The van der Waals surface area contributed by atoms with E-state index in [1.54, 1.807) is 13.8 Å². The number of para-hydroxylation sites is 1. The van der Waals surface area contributed by atoms with Gasteiger partial charge in [-0.2, -0.15) is 0 Å². The number of aromatic nitrogens is 3. The van der Waals surface area contributed by atoms with Gasteiger partial charge in [0.05, 0.1) is 5.69 Å². The minimum absolute atomic E-state index is 0.0783. The van der Waals surface area contributed by atoms with Gasteiger partial charge in [-0.25, -0.2) is 4.98 Å². The van der Waals surface area contributed by atoms with Gasteiger partial charge in [0.15, 0.2) is 0 Å². The largest absolute Gasteiger partial charge is 0.361 e. The molecule has 6 nitrogen and oxygen atoms in total. The van der Waals surface area contributed by atoms with Gasteiger partial charge in [0.1, 0.15) is 11.4 Å². The lowest BCUT2D eigenvalue weighted by atomic mass is 10.1. The highest BCUT2D eigenvalue weighted by Crippen LogP contribution is 2.17. The number of carbonyl (C=O) groups is 1. The van der Waals surface area contributed by atoms with E-state index < -0.39 is 11.5 Å². The van der Waals surface area contributed by atoms with E-state index in [0.717, 1.165) is 16.5 Å². The minimum Gasteiger partial charge on any atom is -0.361 e. The van der Waals surface area contributed by atoms with Gasteiger partial charge in [-0.3, -0.25) is 9.59 Å². The molecule has 3 N–H and O–H groups in total. The summed E-state index contributed by atoms with van der Waals surface area (Å²) in [4.78, 5) is 34.0. The van der Waals surface area contributed by atoms with Gasteiger partial charge >= 0.3 is 0 Å². The molecule has 23 heavy (non-hydrogen) atoms. The zero-order valence-electron chi connectivity index (χ0n) is 13.1. The van der Waals surface area contributed by atoms with E-state index in [4.69, 9.17) is 0 Å². The third-order valence-electron chi connectivity index (χ3n) is 3.80. The van der Waals surface area contributed by atoms with Crippen molar-refractivity contribution in [2.45, 2.75) is 20.3 Å². The van der Waals surface area contributed by atoms with Gasteiger partial charge in [0.2, 0.25) is 0 Å². The fourth-order valence-electron chi connectivity index (χ4n) is 2.73. The van der Waals surface area contributed by atoms with Crippen LogP contribution in [0.25, 0.3) is 10.9 Å². The molecule has 6 heteroatoms. The number of hydrogen-bond donors (Lipinski definition) is 3. The molecule has 2 aromatic heterocycles. The number of amides is 1. The number of H-pyrrole nitrogens is 2. The molecule has 1 aromatic carbocycles. The molecular weight excluding hydrogens is 292 g/mol. The first-order valence-electron chi connectivity index (χ1n) is 7.47. The van der Waals surface area contributed by atoms with E-state index in [2.05, 4.69) is 20.3 Å². The maximum absolute atomic E-state index is 12.2. The van der Waals surface area contributed by atoms with Crippen LogP contribution >= 0.6 is 0 Å². The number of carbonyl (C=O) groups excluding carboxylic acids is 1. The Labute approximate surface area is 133 Å². The number of fused-ring (bicyclic) bond motifs is 1. The lowest BCUT2D eigenvalue weighted by Gasteiger charge is -2.07. The van der Waals surface area contributed by atoms with Crippen LogP contribution in [0.5, 0.6) is 0 Å². The maximum atomic E-state index is 12.2. The number of nitrogens with one attached hydrogen (secondary N) is 3. The first-order valence-corrected chi connectivity index (χ1v) is 7.47. The summed E-state index contributed by atoms with van der Waals surface area (Å²) >= 11 is 0. The number of hydrogen-bond acceptors (Lipinski definition) is 3. The van der Waals surface area contributed by atoms with Crippen LogP contribution in [-0.4, -0.2) is 27.4 Å². The summed E-state index contributed by atoms with van der Waals surface area (Å²) in [6, 6.07) is 8.02. The van der Waals surface area contributed by atoms with Crippen LogP contribution in [0, 0.1) is 13.8 Å². The van der Waals surface area contributed by atoms with Crippen LogP contribution in [0.3, 0.4) is 0 Å². The average Bonchev–Trinajstić information content (AvgIpc) is 2.90. The topological polar surface area (TPSA) is 90.6 Å². The second kappa shape index (κ2) is 6.08. The zero-order valence-corrected chi connectivity index (χ0v) is 13.1. The van der Waals surface area contributed by atoms with Gasteiger partial charge in [-0.15, -0.1) is 0 Å². The Morgan fingerprint density at radius 1 is 1.26 bits per heavy atom. The normalized spacial score (nSPS) is 10.9. The van der Waals surface area contributed by atoms with Crippen molar-refractivity contribution < 1.29 is 4.79 Å². The van der Waals surface area contributed by atoms with Gasteiger partial charge in [0, 0.05) is 23.6 Å². The van der Waals surface area contributed by atoms with Gasteiger partial charge < -0.3 is 15.3 Å². The molecule has 0 spiro atoms. The lowest BCUT2D eigenvalue weighted by molar-refractivity contribution is 0.0951. The Morgan fingerprint density at radius 3 is 2.83 bits per heavy atom. The first-order chi connectivity index (χ1) is 11.1. The number of aromatic amines is 2. The Hall–Kier alpha value is -2.89. The van der Waals surface area contributed by atoms with Crippen molar-refractivity contribution in [2.24, 2.45) is 0 Å². The van der Waals surface area contributed by atoms with Crippen molar-refractivity contribution in [3.8, 4) is 0 Å². The Balaban J connectivity index is 1.69. The monoisotopic (exact) mass is 310 g/mol. The molecule has 0 bridgehead atoms. The fraction of sp³-hybridized carbons (Fsp3) is 0.235. The quantitative estimate of drug-likeness (QED) is 0.687. The van der Waals surface area contributed by atoms with E-state index in [1.807, 2.05) is 30.5 Å². The Bertz CT molecular complexity index is 924. The number of benzene rings is 1. The van der Waals surface area contributed by atoms with E-state index in [0.29, 0.717) is 24.5 Å². The first kappa shape index (κ1) is 15.0. The minimum atomic E-state index is -0.403. The molecule has 3 aromatic rings. The standard InChI is InChI=1S/C17H18N4O2/c1-10-15(17(23)21-11(2)20-10)16(22)18-8-7-12-9-19-14-6-4-3-5-13(12)14/h3-6,9,19H,7-8H2,1-2H3,(H,18,22)(H,20,21,23). The van der Waals surface area contributed by atoms with E-state index in [9.17, 15) is 9.59 Å². The molecule has 1 amide bonds. The SMILES string of the molecule is Cc1nc(C)c(C(=O)NCCc2c[nH]c3ccccc23)c(=O)[nH]1. The highest BCUT2D eigenvalue weighted by atomic mass is 16.2. The third-order valence-corrected chi connectivity index (χ3v) is 3.80. The molecule has 0 saturated heterocycles. The predicted molar refractivity (Wildman–Crippen MR) is 88.7 cm³/mol. The van der Waals surface area contributed by atoms with Crippen molar-refractivity contribution in [2.75, 3.05) is 6.54 Å². The second-order valence-corrected chi connectivity index (χ2v) is 5.48. The van der Waals surface area contributed by atoms with Gasteiger partial charge in [-0.05, 0) is 31.9 Å². The molecule has 0 unspecified atom stereocenters. The third kappa shape index (κ3) is 3.01. The number of nitrogens with zero attached hydrogens (tertiary/aromatic N) is 1. The Morgan fingerprint density at radius 2 is 2.04 bits per heavy atom.